The molecule has 0 saturated carbocycles. The zero-order valence-electron chi connectivity index (χ0n) is 14.5. The van der Waals surface area contributed by atoms with Gasteiger partial charge in [0.05, 0.1) is 11.6 Å². The molecule has 1 fully saturated rings. The number of nitrogens with zero attached hydrogens (tertiary/aromatic N) is 3. The van der Waals surface area contributed by atoms with Gasteiger partial charge < -0.3 is 4.90 Å². The minimum Gasteiger partial charge on any atom is -0.334 e. The molecule has 1 atom stereocenters. The van der Waals surface area contributed by atoms with Crippen LogP contribution in [0.3, 0.4) is 0 Å². The summed E-state index contributed by atoms with van der Waals surface area (Å²) in [6.45, 7) is 2.42. The number of rotatable bonds is 3. The molecule has 6 heteroatoms. The Balaban J connectivity index is 1.52. The van der Waals surface area contributed by atoms with Gasteiger partial charge in [-0.15, -0.1) is 0 Å². The van der Waals surface area contributed by atoms with E-state index >= 15 is 0 Å². The summed E-state index contributed by atoms with van der Waals surface area (Å²) in [5.74, 6) is -1.15. The largest absolute Gasteiger partial charge is 0.334 e. The molecule has 2 aromatic rings. The van der Waals surface area contributed by atoms with Crippen molar-refractivity contribution in [3.05, 3.63) is 65.0 Å². The zero-order valence-corrected chi connectivity index (χ0v) is 14.5. The maximum absolute atomic E-state index is 12.9. The molecule has 0 radical (unpaired) electrons. The average Bonchev–Trinajstić information content (AvgIpc) is 3.23. The van der Waals surface area contributed by atoms with Gasteiger partial charge in [0, 0.05) is 12.7 Å². The molecule has 1 saturated heterocycles. The first-order valence-electron chi connectivity index (χ1n) is 8.73. The Hall–Kier alpha value is -3.02. The predicted octanol–water partition coefficient (Wildman–Crippen LogP) is 2.35. The quantitative estimate of drug-likeness (QED) is 0.798. The first-order chi connectivity index (χ1) is 12.6. The molecular formula is C20H19N3O3. The molecule has 0 unspecified atom stereocenters. The second kappa shape index (κ2) is 6.37. The Morgan fingerprint density at radius 1 is 1.15 bits per heavy atom. The maximum atomic E-state index is 12.9. The van der Waals surface area contributed by atoms with Crippen molar-refractivity contribution >= 4 is 17.7 Å². The number of imide groups is 1. The minimum absolute atomic E-state index is 0.00333. The lowest BCUT2D eigenvalue weighted by molar-refractivity contribution is -0.132. The van der Waals surface area contributed by atoms with Crippen molar-refractivity contribution in [2.24, 2.45) is 0 Å². The molecule has 3 amide bonds. The van der Waals surface area contributed by atoms with Crippen molar-refractivity contribution in [3.8, 4) is 0 Å². The van der Waals surface area contributed by atoms with Crippen LogP contribution >= 0.6 is 0 Å². The topological polar surface area (TPSA) is 70.6 Å². The molecule has 0 aliphatic carbocycles. The van der Waals surface area contributed by atoms with Gasteiger partial charge in [0.1, 0.15) is 12.2 Å². The molecule has 1 aromatic heterocycles. The number of pyridine rings is 1. The van der Waals surface area contributed by atoms with Crippen molar-refractivity contribution in [1.29, 1.82) is 0 Å². The van der Waals surface area contributed by atoms with E-state index in [4.69, 9.17) is 0 Å². The molecule has 3 heterocycles. The number of carbonyl (C=O) groups is 3. The summed E-state index contributed by atoms with van der Waals surface area (Å²) in [6.07, 6.45) is 3.27. The van der Waals surface area contributed by atoms with Crippen LogP contribution in [0.15, 0.2) is 42.6 Å². The highest BCUT2D eigenvalue weighted by Crippen LogP contribution is 2.32. The van der Waals surface area contributed by atoms with E-state index in [1.807, 2.05) is 31.2 Å². The number of benzene rings is 1. The highest BCUT2D eigenvalue weighted by molar-refractivity contribution is 6.21. The normalized spacial score (nSPS) is 19.2. The summed E-state index contributed by atoms with van der Waals surface area (Å²) in [5.41, 5.74) is 2.65. The van der Waals surface area contributed by atoms with E-state index in [9.17, 15) is 14.4 Å². The molecule has 0 bridgehead atoms. The van der Waals surface area contributed by atoms with Crippen LogP contribution in [0.1, 0.15) is 50.9 Å². The third kappa shape index (κ3) is 2.67. The summed E-state index contributed by atoms with van der Waals surface area (Å²) in [6, 6.07) is 11.3. The summed E-state index contributed by atoms with van der Waals surface area (Å²) < 4.78 is 0. The van der Waals surface area contributed by atoms with Crippen molar-refractivity contribution < 1.29 is 14.4 Å². The summed E-state index contributed by atoms with van der Waals surface area (Å²) in [4.78, 5) is 44.5. The fourth-order valence-corrected chi connectivity index (χ4v) is 3.68. The predicted molar refractivity (Wildman–Crippen MR) is 94.5 cm³/mol. The van der Waals surface area contributed by atoms with E-state index in [1.165, 1.54) is 11.8 Å². The van der Waals surface area contributed by atoms with Crippen molar-refractivity contribution in [3.63, 3.8) is 0 Å². The van der Waals surface area contributed by atoms with E-state index in [2.05, 4.69) is 4.98 Å². The smallest absolute Gasteiger partial charge is 0.280 e. The SMILES string of the molecule is Cc1ccc([C@@H]2CCCN2C(=O)CN2C(=O)c3cccnc3C2=O)cc1. The average molecular weight is 349 g/mol. The molecule has 132 valence electrons. The number of hydrogen-bond acceptors (Lipinski definition) is 4. The number of likely N-dealkylation sites (tertiary alicyclic amines) is 1. The summed E-state index contributed by atoms with van der Waals surface area (Å²) in [7, 11) is 0. The Kier molecular flexibility index (Phi) is 4.03. The van der Waals surface area contributed by atoms with Gasteiger partial charge in [-0.1, -0.05) is 29.8 Å². The minimum atomic E-state index is -0.495. The monoisotopic (exact) mass is 349 g/mol. The number of carbonyl (C=O) groups excluding carboxylic acids is 3. The number of amides is 3. The van der Waals surface area contributed by atoms with Crippen LogP contribution < -0.4 is 0 Å². The third-order valence-electron chi connectivity index (χ3n) is 5.06. The van der Waals surface area contributed by atoms with E-state index < -0.39 is 11.8 Å². The van der Waals surface area contributed by atoms with Crippen LogP contribution in [0.5, 0.6) is 0 Å². The van der Waals surface area contributed by atoms with Gasteiger partial charge in [0.2, 0.25) is 5.91 Å². The van der Waals surface area contributed by atoms with Gasteiger partial charge in [0.15, 0.2) is 0 Å². The van der Waals surface area contributed by atoms with Gasteiger partial charge in [-0.05, 0) is 37.5 Å². The van der Waals surface area contributed by atoms with Gasteiger partial charge >= 0.3 is 0 Å². The van der Waals surface area contributed by atoms with Crippen LogP contribution in [0.2, 0.25) is 0 Å². The van der Waals surface area contributed by atoms with Gasteiger partial charge in [-0.2, -0.15) is 0 Å². The second-order valence-electron chi connectivity index (χ2n) is 6.75. The van der Waals surface area contributed by atoms with Gasteiger partial charge in [0.25, 0.3) is 11.8 Å². The number of aromatic nitrogens is 1. The molecule has 1 aromatic carbocycles. The van der Waals surface area contributed by atoms with Crippen LogP contribution in [0.4, 0.5) is 0 Å². The second-order valence-corrected chi connectivity index (χ2v) is 6.75. The first-order valence-corrected chi connectivity index (χ1v) is 8.73. The van der Waals surface area contributed by atoms with Gasteiger partial charge in [-0.25, -0.2) is 0 Å². The van der Waals surface area contributed by atoms with E-state index in [0.29, 0.717) is 6.54 Å². The van der Waals surface area contributed by atoms with E-state index in [-0.39, 0.29) is 29.8 Å². The standard InChI is InChI=1S/C20H19N3O3/c1-13-6-8-14(9-7-13)16-5-3-11-22(16)17(24)12-23-19(25)15-4-2-10-21-18(15)20(23)26/h2,4,6-10,16H,3,5,11-12H2,1H3/t16-/m0/s1. The fraction of sp³-hybridized carbons (Fsp3) is 0.300. The number of fused-ring (bicyclic) bond motifs is 1. The molecule has 6 nitrogen and oxygen atoms in total. The van der Waals surface area contributed by atoms with Crippen LogP contribution in [-0.4, -0.2) is 45.6 Å². The molecule has 0 spiro atoms. The first kappa shape index (κ1) is 16.4. The summed E-state index contributed by atoms with van der Waals surface area (Å²) in [5, 5.41) is 0. The number of hydrogen-bond donors (Lipinski definition) is 0. The van der Waals surface area contributed by atoms with Crippen LogP contribution in [-0.2, 0) is 4.79 Å². The lowest BCUT2D eigenvalue weighted by Crippen LogP contribution is -2.42. The molecule has 26 heavy (non-hydrogen) atoms. The van der Waals surface area contributed by atoms with Crippen molar-refractivity contribution in [2.45, 2.75) is 25.8 Å². The highest BCUT2D eigenvalue weighted by Gasteiger charge is 2.40. The third-order valence-corrected chi connectivity index (χ3v) is 5.06. The summed E-state index contributed by atoms with van der Waals surface area (Å²) >= 11 is 0. The van der Waals surface area contributed by atoms with Crippen molar-refractivity contribution in [2.75, 3.05) is 13.1 Å². The fourth-order valence-electron chi connectivity index (χ4n) is 3.68. The Morgan fingerprint density at radius 3 is 2.65 bits per heavy atom. The molecule has 0 N–H and O–H groups in total. The van der Waals surface area contributed by atoms with Crippen LogP contribution in [0.25, 0.3) is 0 Å². The molecule has 2 aliphatic heterocycles. The Bertz CT molecular complexity index is 856. The number of aryl methyl sites for hydroxylation is 1. The zero-order chi connectivity index (χ0) is 18.3. The Morgan fingerprint density at radius 2 is 1.92 bits per heavy atom. The van der Waals surface area contributed by atoms with E-state index in [0.717, 1.165) is 23.3 Å². The molecular weight excluding hydrogens is 330 g/mol. The maximum Gasteiger partial charge on any atom is 0.280 e. The molecule has 4 rings (SSSR count). The lowest BCUT2D eigenvalue weighted by Gasteiger charge is -2.27. The Labute approximate surface area is 151 Å². The molecule has 2 aliphatic rings. The van der Waals surface area contributed by atoms with Gasteiger partial charge in [-0.3, -0.25) is 24.3 Å². The van der Waals surface area contributed by atoms with Crippen LogP contribution in [0, 0.1) is 6.92 Å². The highest BCUT2D eigenvalue weighted by atomic mass is 16.2. The van der Waals surface area contributed by atoms with E-state index in [1.54, 1.807) is 17.0 Å². The van der Waals surface area contributed by atoms with Crippen molar-refractivity contribution in [1.82, 2.24) is 14.8 Å². The lowest BCUT2D eigenvalue weighted by atomic mass is 10.0.